The van der Waals surface area contributed by atoms with Crippen molar-refractivity contribution in [1.29, 1.82) is 0 Å². The van der Waals surface area contributed by atoms with E-state index in [1.165, 1.54) is 0 Å². The molecule has 1 rings (SSSR count). The molecular weight excluding hydrogens is 310 g/mol. The van der Waals surface area contributed by atoms with Gasteiger partial charge in [0, 0.05) is 10.7 Å². The Labute approximate surface area is 102 Å². The van der Waals surface area contributed by atoms with Gasteiger partial charge in [-0.1, -0.05) is 11.6 Å². The number of hydrogen-bond donors (Lipinski definition) is 1. The molecule has 0 bridgehead atoms. The number of rotatable bonds is 2. The maximum absolute atomic E-state index is 11.8. The summed E-state index contributed by atoms with van der Waals surface area (Å²) >= 11 is 5.31. The van der Waals surface area contributed by atoms with Crippen molar-refractivity contribution in [2.45, 2.75) is 11.3 Å². The molecule has 0 radical (unpaired) electrons. The Morgan fingerprint density at radius 1 is 1.41 bits per heavy atom. The Morgan fingerprint density at radius 3 is 2.35 bits per heavy atom. The van der Waals surface area contributed by atoms with Crippen molar-refractivity contribution in [2.24, 2.45) is 0 Å². The van der Waals surface area contributed by atoms with E-state index >= 15 is 0 Å². The molecule has 0 atom stereocenters. The number of aromatic hydroxyl groups is 1. The smallest absolute Gasteiger partial charge is 0.502 e. The summed E-state index contributed by atoms with van der Waals surface area (Å²) < 4.78 is 60.5. The van der Waals surface area contributed by atoms with Crippen molar-refractivity contribution in [3.8, 4) is 11.6 Å². The quantitative estimate of drug-likeness (QED) is 0.848. The highest BCUT2D eigenvalue weighted by Gasteiger charge is 2.34. The number of alkyl halides is 3. The van der Waals surface area contributed by atoms with Crippen LogP contribution in [0, 0.1) is 0 Å². The van der Waals surface area contributed by atoms with Crippen LogP contribution >= 0.6 is 22.3 Å². The molecule has 0 unspecified atom stereocenters. The fourth-order valence-corrected chi connectivity index (χ4v) is 2.19. The molecule has 1 aromatic rings. The van der Waals surface area contributed by atoms with Crippen LogP contribution in [0.2, 0.25) is 5.02 Å². The first kappa shape index (κ1) is 14.1. The highest BCUT2D eigenvalue weighted by Crippen LogP contribution is 2.39. The van der Waals surface area contributed by atoms with E-state index in [9.17, 15) is 21.6 Å². The normalized spacial score (nSPS) is 12.5. The Kier molecular flexibility index (Phi) is 3.65. The molecule has 17 heavy (non-hydrogen) atoms. The third-order valence-corrected chi connectivity index (χ3v) is 3.23. The summed E-state index contributed by atoms with van der Waals surface area (Å²) in [5.41, 5.74) is 0. The molecule has 0 aliphatic rings. The predicted molar refractivity (Wildman–Crippen MR) is 50.6 cm³/mol. The molecule has 0 fully saturated rings. The number of ether oxygens (including phenoxy) is 1. The molecule has 0 saturated carbocycles. The topological polar surface area (TPSA) is 76.5 Å². The largest absolute Gasteiger partial charge is 0.574 e. The van der Waals surface area contributed by atoms with Crippen LogP contribution in [-0.4, -0.2) is 24.9 Å². The number of hydrogen-bond acceptors (Lipinski definition) is 5. The first-order chi connectivity index (χ1) is 7.52. The lowest BCUT2D eigenvalue weighted by atomic mass is 10.4. The van der Waals surface area contributed by atoms with Crippen molar-refractivity contribution in [1.82, 2.24) is 4.98 Å². The maximum atomic E-state index is 11.8. The van der Waals surface area contributed by atoms with Gasteiger partial charge in [0.2, 0.25) is 0 Å². The fourth-order valence-electron chi connectivity index (χ4n) is 0.800. The average Bonchev–Trinajstić information content (AvgIpc) is 2.08. The molecule has 1 heterocycles. The van der Waals surface area contributed by atoms with Crippen molar-refractivity contribution < 1.29 is 31.4 Å². The van der Waals surface area contributed by atoms with Crippen LogP contribution in [0.15, 0.2) is 11.1 Å². The Morgan fingerprint density at radius 2 is 1.94 bits per heavy atom. The first-order valence-electron chi connectivity index (χ1n) is 3.60. The van der Waals surface area contributed by atoms with Gasteiger partial charge in [0.15, 0.2) is 5.75 Å². The fraction of sp³-hybridized carbons (Fsp3) is 0.167. The molecule has 11 heteroatoms. The van der Waals surface area contributed by atoms with Crippen LogP contribution in [0.5, 0.6) is 11.6 Å². The van der Waals surface area contributed by atoms with Crippen LogP contribution < -0.4 is 4.74 Å². The Bertz CT molecular complexity index is 545. The second-order valence-corrected chi connectivity index (χ2v) is 5.49. The minimum Gasteiger partial charge on any atom is -0.502 e. The molecule has 0 amide bonds. The van der Waals surface area contributed by atoms with Gasteiger partial charge in [-0.2, -0.15) is 0 Å². The molecule has 1 aromatic heterocycles. The summed E-state index contributed by atoms with van der Waals surface area (Å²) in [5.74, 6) is -2.54. The number of pyridine rings is 1. The van der Waals surface area contributed by atoms with Gasteiger partial charge in [-0.3, -0.25) is 0 Å². The SMILES string of the molecule is O=S(=O)(Cl)c1cnc(OC(F)(F)F)c(O)c1Cl. The van der Waals surface area contributed by atoms with Gasteiger partial charge >= 0.3 is 6.36 Å². The van der Waals surface area contributed by atoms with Crippen LogP contribution in [0.4, 0.5) is 13.2 Å². The van der Waals surface area contributed by atoms with E-state index in [1.54, 1.807) is 0 Å². The second-order valence-electron chi connectivity index (χ2n) is 2.58. The van der Waals surface area contributed by atoms with Crippen molar-refractivity contribution in [3.05, 3.63) is 11.2 Å². The lowest BCUT2D eigenvalue weighted by molar-refractivity contribution is -0.276. The highest BCUT2D eigenvalue weighted by atomic mass is 35.7. The van der Waals surface area contributed by atoms with E-state index in [-0.39, 0.29) is 0 Å². The Hall–Kier alpha value is -0.930. The van der Waals surface area contributed by atoms with Gasteiger partial charge in [0.1, 0.15) is 9.92 Å². The monoisotopic (exact) mass is 311 g/mol. The number of nitrogens with zero attached hydrogens (tertiary/aromatic N) is 1. The zero-order chi connectivity index (χ0) is 13.4. The lowest BCUT2D eigenvalue weighted by Crippen LogP contribution is -2.18. The number of aromatic nitrogens is 1. The molecular formula is C6H2Cl2F3NO4S. The number of halogens is 5. The summed E-state index contributed by atoms with van der Waals surface area (Å²) in [6.45, 7) is 0. The standard InChI is InChI=1S/C6H2Cl2F3NO4S/c7-3-2(17(8,14)15)1-12-5(4(3)13)16-6(9,10)11/h1,13H. The molecule has 0 aromatic carbocycles. The van der Waals surface area contributed by atoms with Gasteiger partial charge in [0.25, 0.3) is 14.9 Å². The van der Waals surface area contributed by atoms with Gasteiger partial charge in [-0.05, 0) is 0 Å². The van der Waals surface area contributed by atoms with Gasteiger partial charge in [-0.15, -0.1) is 13.2 Å². The molecule has 0 aliphatic heterocycles. The summed E-state index contributed by atoms with van der Waals surface area (Å²) in [4.78, 5) is 2.12. The summed E-state index contributed by atoms with van der Waals surface area (Å²) in [5, 5.41) is 8.25. The van der Waals surface area contributed by atoms with E-state index < -0.39 is 37.0 Å². The van der Waals surface area contributed by atoms with E-state index in [2.05, 4.69) is 9.72 Å². The molecule has 96 valence electrons. The van der Waals surface area contributed by atoms with E-state index in [0.717, 1.165) is 0 Å². The zero-order valence-electron chi connectivity index (χ0n) is 7.49. The van der Waals surface area contributed by atoms with Gasteiger partial charge < -0.3 is 9.84 Å². The van der Waals surface area contributed by atoms with E-state index in [0.29, 0.717) is 6.20 Å². The third-order valence-electron chi connectivity index (χ3n) is 1.40. The van der Waals surface area contributed by atoms with Crippen molar-refractivity contribution in [2.75, 3.05) is 0 Å². The van der Waals surface area contributed by atoms with Crippen LogP contribution in [-0.2, 0) is 9.05 Å². The highest BCUT2D eigenvalue weighted by molar-refractivity contribution is 8.13. The average molecular weight is 312 g/mol. The molecule has 1 N–H and O–H groups in total. The zero-order valence-corrected chi connectivity index (χ0v) is 9.82. The third kappa shape index (κ3) is 3.51. The van der Waals surface area contributed by atoms with Crippen LogP contribution in [0.1, 0.15) is 0 Å². The summed E-state index contributed by atoms with van der Waals surface area (Å²) in [7, 11) is 0.559. The lowest BCUT2D eigenvalue weighted by Gasteiger charge is -2.10. The van der Waals surface area contributed by atoms with Crippen LogP contribution in [0.25, 0.3) is 0 Å². The van der Waals surface area contributed by atoms with Crippen molar-refractivity contribution in [3.63, 3.8) is 0 Å². The van der Waals surface area contributed by atoms with Crippen molar-refractivity contribution >= 4 is 31.3 Å². The van der Waals surface area contributed by atoms with E-state index in [4.69, 9.17) is 27.4 Å². The van der Waals surface area contributed by atoms with Gasteiger partial charge in [0.05, 0.1) is 6.20 Å². The minimum atomic E-state index is -5.10. The molecule has 0 spiro atoms. The van der Waals surface area contributed by atoms with E-state index in [1.807, 2.05) is 0 Å². The molecule has 0 saturated heterocycles. The first-order valence-corrected chi connectivity index (χ1v) is 6.29. The van der Waals surface area contributed by atoms with Gasteiger partial charge in [-0.25, -0.2) is 13.4 Å². The second kappa shape index (κ2) is 4.39. The molecule has 5 nitrogen and oxygen atoms in total. The molecule has 0 aliphatic carbocycles. The summed E-state index contributed by atoms with van der Waals surface area (Å²) in [6, 6.07) is 0. The minimum absolute atomic E-state index is 0.436. The van der Waals surface area contributed by atoms with Crippen LogP contribution in [0.3, 0.4) is 0 Å². The predicted octanol–water partition coefficient (Wildman–Crippen LogP) is 2.27. The Balaban J connectivity index is 3.30. The maximum Gasteiger partial charge on any atom is 0.574 e. The summed E-state index contributed by atoms with van der Waals surface area (Å²) in [6.07, 6.45) is -4.67.